The summed E-state index contributed by atoms with van der Waals surface area (Å²) in [4.78, 5) is 12.2. The highest BCUT2D eigenvalue weighted by atomic mass is 79.9. The third-order valence-corrected chi connectivity index (χ3v) is 3.28. The van der Waals surface area contributed by atoms with Crippen LogP contribution in [0.15, 0.2) is 40.9 Å². The van der Waals surface area contributed by atoms with Gasteiger partial charge in [0, 0.05) is 4.47 Å². The van der Waals surface area contributed by atoms with Gasteiger partial charge in [-0.2, -0.15) is 5.26 Å². The van der Waals surface area contributed by atoms with E-state index >= 15 is 0 Å². The predicted molar refractivity (Wildman–Crippen MR) is 79.8 cm³/mol. The first-order chi connectivity index (χ1) is 10.1. The number of nitriles is 1. The van der Waals surface area contributed by atoms with E-state index in [9.17, 15) is 9.18 Å². The van der Waals surface area contributed by atoms with Crippen molar-refractivity contribution in [1.82, 2.24) is 0 Å². The molecule has 0 aliphatic rings. The molecule has 1 N–H and O–H groups in total. The number of hydrogen-bond acceptors (Lipinski definition) is 3. The van der Waals surface area contributed by atoms with Crippen LogP contribution in [-0.2, 0) is 0 Å². The fourth-order valence-corrected chi connectivity index (χ4v) is 2.12. The first-order valence-electron chi connectivity index (χ1n) is 5.90. The van der Waals surface area contributed by atoms with Gasteiger partial charge >= 0.3 is 0 Å². The molecular weight excluding hydrogens is 339 g/mol. The Morgan fingerprint density at radius 3 is 2.81 bits per heavy atom. The van der Waals surface area contributed by atoms with E-state index in [1.165, 1.54) is 19.2 Å². The largest absolute Gasteiger partial charge is 0.496 e. The first-order valence-corrected chi connectivity index (χ1v) is 6.69. The third kappa shape index (κ3) is 3.20. The number of methoxy groups -OCH3 is 1. The van der Waals surface area contributed by atoms with E-state index in [0.29, 0.717) is 5.75 Å². The number of carbonyl (C=O) groups is 1. The lowest BCUT2D eigenvalue weighted by Crippen LogP contribution is -2.14. The van der Waals surface area contributed by atoms with Crippen molar-refractivity contribution in [2.45, 2.75) is 0 Å². The zero-order valence-corrected chi connectivity index (χ0v) is 12.6. The molecular formula is C15H10BrFN2O2. The molecule has 21 heavy (non-hydrogen) atoms. The average Bonchev–Trinajstić information content (AvgIpc) is 2.47. The van der Waals surface area contributed by atoms with Crippen LogP contribution in [0.5, 0.6) is 5.75 Å². The topological polar surface area (TPSA) is 62.1 Å². The minimum Gasteiger partial charge on any atom is -0.496 e. The maximum Gasteiger partial charge on any atom is 0.259 e. The SMILES string of the molecule is COc1cc(Br)ccc1C(=O)Nc1cccc(F)c1C#N. The Bertz CT molecular complexity index is 741. The van der Waals surface area contributed by atoms with Gasteiger partial charge in [0.2, 0.25) is 0 Å². The van der Waals surface area contributed by atoms with E-state index in [4.69, 9.17) is 10.00 Å². The Hall–Kier alpha value is -2.39. The minimum absolute atomic E-state index is 0.118. The Morgan fingerprint density at radius 2 is 2.14 bits per heavy atom. The number of hydrogen-bond donors (Lipinski definition) is 1. The molecule has 0 spiro atoms. The standard InChI is InChI=1S/C15H10BrFN2O2/c1-21-14-7-9(16)5-6-10(14)15(20)19-13-4-2-3-12(17)11(13)8-18/h2-7H,1H3,(H,19,20). The third-order valence-electron chi connectivity index (χ3n) is 2.78. The van der Waals surface area contributed by atoms with Crippen LogP contribution in [0.25, 0.3) is 0 Å². The number of rotatable bonds is 3. The van der Waals surface area contributed by atoms with Crippen LogP contribution in [0, 0.1) is 17.1 Å². The van der Waals surface area contributed by atoms with E-state index in [-0.39, 0.29) is 16.8 Å². The lowest BCUT2D eigenvalue weighted by Gasteiger charge is -2.11. The van der Waals surface area contributed by atoms with Gasteiger partial charge in [0.05, 0.1) is 18.4 Å². The summed E-state index contributed by atoms with van der Waals surface area (Å²) in [5, 5.41) is 11.5. The Morgan fingerprint density at radius 1 is 1.38 bits per heavy atom. The second-order valence-electron chi connectivity index (χ2n) is 4.07. The summed E-state index contributed by atoms with van der Waals surface area (Å²) < 4.78 is 19.4. The molecule has 0 aliphatic carbocycles. The van der Waals surface area contributed by atoms with E-state index in [0.717, 1.165) is 10.5 Å². The zero-order valence-electron chi connectivity index (χ0n) is 11.0. The van der Waals surface area contributed by atoms with Crippen molar-refractivity contribution < 1.29 is 13.9 Å². The molecule has 2 rings (SSSR count). The summed E-state index contributed by atoms with van der Waals surface area (Å²) in [6.45, 7) is 0. The number of carbonyl (C=O) groups excluding carboxylic acids is 1. The molecule has 0 saturated carbocycles. The predicted octanol–water partition coefficient (Wildman–Crippen LogP) is 3.72. The average molecular weight is 349 g/mol. The molecule has 0 fully saturated rings. The van der Waals surface area contributed by atoms with Gasteiger partial charge in [-0.25, -0.2) is 4.39 Å². The first kappa shape index (κ1) is 15.0. The molecule has 2 aromatic carbocycles. The number of anilines is 1. The van der Waals surface area contributed by atoms with Crippen molar-refractivity contribution in [1.29, 1.82) is 5.26 Å². The summed E-state index contributed by atoms with van der Waals surface area (Å²) in [7, 11) is 1.45. The quantitative estimate of drug-likeness (QED) is 0.919. The second kappa shape index (κ2) is 6.37. The number of nitrogens with one attached hydrogen (secondary N) is 1. The van der Waals surface area contributed by atoms with Crippen molar-refractivity contribution in [2.24, 2.45) is 0 Å². The maximum absolute atomic E-state index is 13.5. The smallest absolute Gasteiger partial charge is 0.259 e. The summed E-state index contributed by atoms with van der Waals surface area (Å²) in [6, 6.07) is 10.7. The second-order valence-corrected chi connectivity index (χ2v) is 4.99. The molecule has 0 heterocycles. The fourth-order valence-electron chi connectivity index (χ4n) is 1.78. The lowest BCUT2D eigenvalue weighted by molar-refractivity contribution is 0.102. The summed E-state index contributed by atoms with van der Waals surface area (Å²) in [6.07, 6.45) is 0. The minimum atomic E-state index is -0.682. The molecule has 0 aliphatic heterocycles. The van der Waals surface area contributed by atoms with Crippen molar-refractivity contribution in [3.05, 3.63) is 57.8 Å². The molecule has 6 heteroatoms. The summed E-state index contributed by atoms with van der Waals surface area (Å²) in [5.74, 6) is -0.795. The lowest BCUT2D eigenvalue weighted by atomic mass is 10.1. The van der Waals surface area contributed by atoms with Crippen LogP contribution in [-0.4, -0.2) is 13.0 Å². The molecule has 2 aromatic rings. The van der Waals surface area contributed by atoms with Crippen LogP contribution in [0.1, 0.15) is 15.9 Å². The van der Waals surface area contributed by atoms with Crippen LogP contribution in [0.3, 0.4) is 0 Å². The van der Waals surface area contributed by atoms with Crippen molar-refractivity contribution in [3.63, 3.8) is 0 Å². The van der Waals surface area contributed by atoms with E-state index < -0.39 is 11.7 Å². The van der Waals surface area contributed by atoms with E-state index in [2.05, 4.69) is 21.2 Å². The Kier molecular flexibility index (Phi) is 4.55. The van der Waals surface area contributed by atoms with Crippen LogP contribution < -0.4 is 10.1 Å². The number of ether oxygens (including phenoxy) is 1. The molecule has 4 nitrogen and oxygen atoms in total. The molecule has 106 valence electrons. The van der Waals surface area contributed by atoms with Crippen LogP contribution >= 0.6 is 15.9 Å². The fraction of sp³-hybridized carbons (Fsp3) is 0.0667. The van der Waals surface area contributed by atoms with Gasteiger partial charge in [-0.3, -0.25) is 4.79 Å². The van der Waals surface area contributed by atoms with Gasteiger partial charge in [0.15, 0.2) is 0 Å². The molecule has 1 amide bonds. The summed E-state index contributed by atoms with van der Waals surface area (Å²) >= 11 is 3.28. The number of benzene rings is 2. The zero-order chi connectivity index (χ0) is 15.4. The number of nitrogens with zero attached hydrogens (tertiary/aromatic N) is 1. The number of amides is 1. The molecule has 0 saturated heterocycles. The number of halogens is 2. The molecule has 0 bridgehead atoms. The molecule has 0 aromatic heterocycles. The van der Waals surface area contributed by atoms with Gasteiger partial charge in [-0.15, -0.1) is 0 Å². The normalized spacial score (nSPS) is 9.81. The monoisotopic (exact) mass is 348 g/mol. The molecule has 0 unspecified atom stereocenters. The van der Waals surface area contributed by atoms with Crippen molar-refractivity contribution in [3.8, 4) is 11.8 Å². The highest BCUT2D eigenvalue weighted by Gasteiger charge is 2.15. The molecule has 0 radical (unpaired) electrons. The van der Waals surface area contributed by atoms with Gasteiger partial charge in [0.25, 0.3) is 5.91 Å². The van der Waals surface area contributed by atoms with Crippen LogP contribution in [0.4, 0.5) is 10.1 Å². The van der Waals surface area contributed by atoms with Gasteiger partial charge in [-0.05, 0) is 30.3 Å². The van der Waals surface area contributed by atoms with Gasteiger partial charge in [0.1, 0.15) is 23.2 Å². The molecule has 0 atom stereocenters. The Labute approximate surface area is 129 Å². The van der Waals surface area contributed by atoms with Gasteiger partial charge in [-0.1, -0.05) is 22.0 Å². The van der Waals surface area contributed by atoms with Crippen LogP contribution in [0.2, 0.25) is 0 Å². The maximum atomic E-state index is 13.5. The highest BCUT2D eigenvalue weighted by molar-refractivity contribution is 9.10. The van der Waals surface area contributed by atoms with E-state index in [1.807, 2.05) is 0 Å². The van der Waals surface area contributed by atoms with Gasteiger partial charge < -0.3 is 10.1 Å². The van der Waals surface area contributed by atoms with Crippen molar-refractivity contribution >= 4 is 27.5 Å². The highest BCUT2D eigenvalue weighted by Crippen LogP contribution is 2.25. The Balaban J connectivity index is 2.36. The van der Waals surface area contributed by atoms with Crippen molar-refractivity contribution in [2.75, 3.05) is 12.4 Å². The van der Waals surface area contributed by atoms with E-state index in [1.54, 1.807) is 24.3 Å². The summed E-state index contributed by atoms with van der Waals surface area (Å²) in [5.41, 5.74) is 0.197.